The second-order valence-electron chi connectivity index (χ2n) is 8.50. The van der Waals surface area contributed by atoms with Gasteiger partial charge in [0.25, 0.3) is 0 Å². The molecule has 3 rings (SSSR count). The van der Waals surface area contributed by atoms with E-state index >= 15 is 0 Å². The molecule has 2 atom stereocenters. The summed E-state index contributed by atoms with van der Waals surface area (Å²) in [5.74, 6) is -1.47. The molecule has 0 saturated heterocycles. The largest absolute Gasteiger partial charge is 1.00 e. The van der Waals surface area contributed by atoms with Gasteiger partial charge in [-0.2, -0.15) is 0 Å². The zero-order chi connectivity index (χ0) is 24.1. The molecule has 1 aromatic heterocycles. The van der Waals surface area contributed by atoms with Crippen LogP contribution in [0.25, 0.3) is 27.6 Å². The average Bonchev–Trinajstić information content (AvgIpc) is 3.12. The van der Waals surface area contributed by atoms with Crippen LogP contribution in [0.2, 0.25) is 0 Å². The molecule has 2 aromatic carbocycles. The fourth-order valence-corrected chi connectivity index (χ4v) is 5.03. The number of aliphatic hydroxyl groups excluding tert-OH is 2. The van der Waals surface area contributed by atoms with E-state index in [-0.39, 0.29) is 47.7 Å². The standard InChI is InChI=1S/C27H29FO4S.Na/c1-16(2)26-23(13-12-21(29)14-22(30)15-24(31)32)25(18-8-10-20(28)11-9-18)27(33-26)19-6-4-17(3)5-7-19;/h4-13,16,21-22,29-30H,14-15H2,1-3H3,(H,31,32);/q;+1/p-1/b13-12+;/t21-,22-;/m1./s1. The topological polar surface area (TPSA) is 80.6 Å². The number of thiophene rings is 1. The van der Waals surface area contributed by atoms with E-state index in [2.05, 4.69) is 38.1 Å². The molecule has 0 unspecified atom stereocenters. The van der Waals surface area contributed by atoms with Crippen molar-refractivity contribution in [2.45, 2.75) is 51.7 Å². The summed E-state index contributed by atoms with van der Waals surface area (Å²) in [6.45, 7) is 6.22. The number of carboxylic acids is 1. The number of halogens is 1. The first-order valence-corrected chi connectivity index (χ1v) is 11.7. The molecule has 0 radical (unpaired) electrons. The summed E-state index contributed by atoms with van der Waals surface area (Å²) in [5, 5.41) is 30.9. The molecule has 4 nitrogen and oxygen atoms in total. The van der Waals surface area contributed by atoms with Crippen LogP contribution in [0.15, 0.2) is 54.6 Å². The molecule has 0 aliphatic heterocycles. The van der Waals surface area contributed by atoms with E-state index in [0.717, 1.165) is 37.6 Å². The van der Waals surface area contributed by atoms with Crippen molar-refractivity contribution in [1.29, 1.82) is 0 Å². The maximum atomic E-state index is 13.7. The maximum Gasteiger partial charge on any atom is 1.00 e. The maximum absolute atomic E-state index is 13.7. The minimum Gasteiger partial charge on any atom is -0.550 e. The summed E-state index contributed by atoms with van der Waals surface area (Å²) >= 11 is 1.66. The van der Waals surface area contributed by atoms with Crippen LogP contribution in [0.5, 0.6) is 0 Å². The SMILES string of the molecule is Cc1ccc(-c2sc(C(C)C)c(/C=C/[C@@H](O)C[C@@H](O)CC(=O)[O-])c2-c2ccc(F)cc2)cc1.[Na+]. The molecule has 0 saturated carbocycles. The molecule has 2 N–H and O–H groups in total. The average molecular weight is 491 g/mol. The molecule has 34 heavy (non-hydrogen) atoms. The van der Waals surface area contributed by atoms with Gasteiger partial charge in [-0.25, -0.2) is 4.39 Å². The Balaban J connectivity index is 0.00000408. The summed E-state index contributed by atoms with van der Waals surface area (Å²) < 4.78 is 13.7. The number of rotatable bonds is 9. The van der Waals surface area contributed by atoms with Crippen LogP contribution in [0.1, 0.15) is 48.6 Å². The quantitative estimate of drug-likeness (QED) is 0.449. The Morgan fingerprint density at radius 1 is 1.06 bits per heavy atom. The molecule has 174 valence electrons. The van der Waals surface area contributed by atoms with Crippen LogP contribution >= 0.6 is 11.3 Å². The summed E-state index contributed by atoms with van der Waals surface area (Å²) in [7, 11) is 0. The van der Waals surface area contributed by atoms with Gasteiger partial charge in [0.2, 0.25) is 0 Å². The van der Waals surface area contributed by atoms with Gasteiger partial charge in [-0.05, 0) is 41.7 Å². The van der Waals surface area contributed by atoms with E-state index in [4.69, 9.17) is 0 Å². The van der Waals surface area contributed by atoms with Crippen LogP contribution < -0.4 is 34.7 Å². The first kappa shape index (κ1) is 28.4. The van der Waals surface area contributed by atoms with Gasteiger partial charge in [0.1, 0.15) is 5.82 Å². The fourth-order valence-electron chi connectivity index (χ4n) is 3.71. The van der Waals surface area contributed by atoms with Gasteiger partial charge in [-0.1, -0.05) is 68.0 Å². The van der Waals surface area contributed by atoms with Crippen molar-refractivity contribution in [2.24, 2.45) is 0 Å². The number of carbonyl (C=O) groups excluding carboxylic acids is 1. The van der Waals surface area contributed by atoms with Crippen LogP contribution in [0.4, 0.5) is 4.39 Å². The van der Waals surface area contributed by atoms with Gasteiger partial charge < -0.3 is 20.1 Å². The predicted octanol–water partition coefficient (Wildman–Crippen LogP) is 1.92. The van der Waals surface area contributed by atoms with Gasteiger partial charge >= 0.3 is 29.6 Å². The Kier molecular flexibility index (Phi) is 10.7. The molecule has 1 heterocycles. The van der Waals surface area contributed by atoms with Crippen LogP contribution in [-0.2, 0) is 4.79 Å². The number of aliphatic hydroxyl groups is 2. The minimum absolute atomic E-state index is 0. The summed E-state index contributed by atoms with van der Waals surface area (Å²) in [5.41, 5.74) is 4.94. The van der Waals surface area contributed by atoms with Crippen molar-refractivity contribution in [1.82, 2.24) is 0 Å². The minimum atomic E-state index is -1.36. The van der Waals surface area contributed by atoms with E-state index < -0.39 is 24.6 Å². The Bertz CT molecular complexity index is 1120. The molecule has 7 heteroatoms. The summed E-state index contributed by atoms with van der Waals surface area (Å²) in [6.07, 6.45) is 0.530. The number of benzene rings is 2. The van der Waals surface area contributed by atoms with Crippen molar-refractivity contribution in [3.8, 4) is 21.6 Å². The van der Waals surface area contributed by atoms with Gasteiger partial charge in [0, 0.05) is 34.1 Å². The Morgan fingerprint density at radius 3 is 2.21 bits per heavy atom. The van der Waals surface area contributed by atoms with Crippen LogP contribution in [-0.4, -0.2) is 28.4 Å². The smallest absolute Gasteiger partial charge is 0.550 e. The number of aliphatic carboxylic acids is 1. The van der Waals surface area contributed by atoms with Crippen molar-refractivity contribution in [3.05, 3.63) is 76.4 Å². The molecule has 0 aliphatic carbocycles. The normalized spacial score (nSPS) is 13.1. The number of hydrogen-bond acceptors (Lipinski definition) is 5. The molecular formula is C27H28FNaO4S. The molecule has 0 spiro atoms. The van der Waals surface area contributed by atoms with Crippen LogP contribution in [0.3, 0.4) is 0 Å². The van der Waals surface area contributed by atoms with Crippen molar-refractivity contribution in [3.63, 3.8) is 0 Å². The third kappa shape index (κ3) is 7.35. The Morgan fingerprint density at radius 2 is 1.65 bits per heavy atom. The van der Waals surface area contributed by atoms with E-state index in [1.807, 2.05) is 13.0 Å². The number of carbonyl (C=O) groups is 1. The zero-order valence-electron chi connectivity index (χ0n) is 19.9. The summed E-state index contributed by atoms with van der Waals surface area (Å²) in [4.78, 5) is 12.8. The van der Waals surface area contributed by atoms with Gasteiger partial charge in [-0.15, -0.1) is 11.3 Å². The Labute approximate surface area is 226 Å². The number of aryl methyl sites for hydroxylation is 1. The van der Waals surface area contributed by atoms with Crippen molar-refractivity contribution in [2.75, 3.05) is 0 Å². The van der Waals surface area contributed by atoms with E-state index in [0.29, 0.717) is 0 Å². The third-order valence-electron chi connectivity index (χ3n) is 5.35. The molecular weight excluding hydrogens is 462 g/mol. The molecule has 0 aliphatic rings. The Hall–Kier alpha value is -1.80. The molecule has 0 bridgehead atoms. The van der Waals surface area contributed by atoms with Crippen LogP contribution in [0, 0.1) is 12.7 Å². The molecule has 0 amide bonds. The first-order chi connectivity index (χ1) is 15.7. The zero-order valence-corrected chi connectivity index (χ0v) is 22.7. The summed E-state index contributed by atoms with van der Waals surface area (Å²) in [6, 6.07) is 14.6. The third-order valence-corrected chi connectivity index (χ3v) is 6.90. The van der Waals surface area contributed by atoms with E-state index in [9.17, 15) is 24.5 Å². The first-order valence-electron chi connectivity index (χ1n) is 10.9. The van der Waals surface area contributed by atoms with E-state index in [1.54, 1.807) is 29.5 Å². The van der Waals surface area contributed by atoms with Gasteiger partial charge in [-0.3, -0.25) is 0 Å². The monoisotopic (exact) mass is 490 g/mol. The molecule has 0 fully saturated rings. The van der Waals surface area contributed by atoms with Gasteiger partial charge in [0.05, 0.1) is 12.2 Å². The number of hydrogen-bond donors (Lipinski definition) is 2. The predicted molar refractivity (Wildman–Crippen MR) is 129 cm³/mol. The van der Waals surface area contributed by atoms with E-state index in [1.165, 1.54) is 12.1 Å². The van der Waals surface area contributed by atoms with Crippen molar-refractivity contribution < 1.29 is 54.1 Å². The second kappa shape index (κ2) is 12.8. The fraction of sp³-hybridized carbons (Fsp3) is 0.296. The van der Waals surface area contributed by atoms with Crippen molar-refractivity contribution >= 4 is 23.4 Å². The molecule has 3 aromatic rings. The van der Waals surface area contributed by atoms with Gasteiger partial charge in [0.15, 0.2) is 0 Å². The second-order valence-corrected chi connectivity index (χ2v) is 9.56. The number of carboxylic acid groups (broad SMARTS) is 1.